The summed E-state index contributed by atoms with van der Waals surface area (Å²) in [5.41, 5.74) is 6.22. The molecule has 2 N–H and O–H groups in total. The van der Waals surface area contributed by atoms with Gasteiger partial charge in [0.1, 0.15) is 0 Å². The Morgan fingerprint density at radius 3 is 2.81 bits per heavy atom. The molecule has 0 spiro atoms. The number of methoxy groups -OCH3 is 1. The molecule has 5 heteroatoms. The Labute approximate surface area is 91.9 Å². The first kappa shape index (κ1) is 10.4. The average Bonchev–Trinajstić information content (AvgIpc) is 2.29. The van der Waals surface area contributed by atoms with E-state index >= 15 is 0 Å². The predicted octanol–water partition coefficient (Wildman–Crippen LogP) is 1.87. The molecule has 2 rings (SSSR count). The molecule has 1 aromatic carbocycles. The van der Waals surface area contributed by atoms with E-state index < -0.39 is 5.82 Å². The molecular weight excluding hydrogens is 209 g/mol. The molecule has 0 atom stereocenters. The lowest BCUT2D eigenvalue weighted by Crippen LogP contribution is -1.97. The summed E-state index contributed by atoms with van der Waals surface area (Å²) in [7, 11) is 1.41. The van der Waals surface area contributed by atoms with Gasteiger partial charge in [0.25, 0.3) is 0 Å². The van der Waals surface area contributed by atoms with Crippen molar-refractivity contribution in [1.82, 2.24) is 9.97 Å². The quantitative estimate of drug-likeness (QED) is 0.837. The molecule has 82 valence electrons. The Kier molecular flexibility index (Phi) is 2.68. The zero-order valence-corrected chi connectivity index (χ0v) is 8.64. The van der Waals surface area contributed by atoms with Crippen LogP contribution >= 0.6 is 0 Å². The number of anilines is 1. The highest BCUT2D eigenvalue weighted by molar-refractivity contribution is 5.62. The lowest BCUT2D eigenvalue weighted by Gasteiger charge is -2.06. The van der Waals surface area contributed by atoms with Crippen molar-refractivity contribution in [2.75, 3.05) is 12.8 Å². The van der Waals surface area contributed by atoms with Crippen molar-refractivity contribution in [1.29, 1.82) is 0 Å². The van der Waals surface area contributed by atoms with Gasteiger partial charge in [-0.3, -0.25) is 0 Å². The fraction of sp³-hybridized carbons (Fsp3) is 0.0909. The number of hydrogen-bond donors (Lipinski definition) is 1. The number of rotatable bonds is 2. The number of aromatic nitrogens is 2. The Morgan fingerprint density at radius 2 is 2.12 bits per heavy atom. The molecule has 0 amide bonds. The van der Waals surface area contributed by atoms with Crippen LogP contribution in [0.1, 0.15) is 0 Å². The first-order valence-electron chi connectivity index (χ1n) is 4.64. The first-order valence-corrected chi connectivity index (χ1v) is 4.64. The maximum atomic E-state index is 13.9. The number of benzene rings is 1. The molecule has 0 fully saturated rings. The maximum Gasteiger partial charge on any atom is 0.220 e. The van der Waals surface area contributed by atoms with Crippen molar-refractivity contribution < 1.29 is 9.13 Å². The Bertz CT molecular complexity index is 516. The van der Waals surface area contributed by atoms with Crippen LogP contribution in [-0.4, -0.2) is 17.1 Å². The van der Waals surface area contributed by atoms with Gasteiger partial charge in [-0.2, -0.15) is 0 Å². The van der Waals surface area contributed by atoms with Crippen LogP contribution in [0.25, 0.3) is 11.3 Å². The zero-order valence-electron chi connectivity index (χ0n) is 8.64. The number of hydrogen-bond acceptors (Lipinski definition) is 4. The lowest BCUT2D eigenvalue weighted by molar-refractivity contribution is 0.387. The standard InChI is InChI=1S/C11H10FN3O/c1-16-9-4-2-3-7(10(9)12)8-5-6-14-11(13)15-8/h2-6H,1H3,(H2,13,14,15). The van der Waals surface area contributed by atoms with Gasteiger partial charge in [-0.25, -0.2) is 14.4 Å². The van der Waals surface area contributed by atoms with Crippen LogP contribution in [0.2, 0.25) is 0 Å². The zero-order chi connectivity index (χ0) is 11.5. The molecular formula is C11H10FN3O. The van der Waals surface area contributed by atoms with Gasteiger partial charge < -0.3 is 10.5 Å². The predicted molar refractivity (Wildman–Crippen MR) is 58.4 cm³/mol. The van der Waals surface area contributed by atoms with Crippen molar-refractivity contribution in [3.8, 4) is 17.0 Å². The topological polar surface area (TPSA) is 61.0 Å². The van der Waals surface area contributed by atoms with Crippen molar-refractivity contribution in [3.05, 3.63) is 36.3 Å². The molecule has 0 aliphatic rings. The molecule has 0 aliphatic carbocycles. The van der Waals surface area contributed by atoms with Crippen molar-refractivity contribution in [2.45, 2.75) is 0 Å². The van der Waals surface area contributed by atoms with Gasteiger partial charge >= 0.3 is 0 Å². The van der Waals surface area contributed by atoms with Gasteiger partial charge in [-0.15, -0.1) is 0 Å². The van der Waals surface area contributed by atoms with E-state index in [1.54, 1.807) is 24.3 Å². The van der Waals surface area contributed by atoms with E-state index in [2.05, 4.69) is 9.97 Å². The van der Waals surface area contributed by atoms with E-state index in [0.717, 1.165) is 0 Å². The molecule has 0 unspecified atom stereocenters. The van der Waals surface area contributed by atoms with E-state index in [1.807, 2.05) is 0 Å². The second-order valence-corrected chi connectivity index (χ2v) is 3.12. The Hall–Kier alpha value is -2.17. The Morgan fingerprint density at radius 1 is 1.31 bits per heavy atom. The summed E-state index contributed by atoms with van der Waals surface area (Å²) in [5.74, 6) is -0.169. The summed E-state index contributed by atoms with van der Waals surface area (Å²) in [6.07, 6.45) is 1.48. The molecule has 2 aromatic rings. The normalized spacial score (nSPS) is 10.1. The molecule has 0 saturated carbocycles. The van der Waals surface area contributed by atoms with Gasteiger partial charge in [-0.1, -0.05) is 6.07 Å². The SMILES string of the molecule is COc1cccc(-c2ccnc(N)n2)c1F. The average molecular weight is 219 g/mol. The number of ether oxygens (including phenoxy) is 1. The largest absolute Gasteiger partial charge is 0.494 e. The fourth-order valence-corrected chi connectivity index (χ4v) is 1.39. The molecule has 0 radical (unpaired) electrons. The molecule has 0 aliphatic heterocycles. The number of nitrogens with zero attached hydrogens (tertiary/aromatic N) is 2. The fourth-order valence-electron chi connectivity index (χ4n) is 1.39. The Balaban J connectivity index is 2.56. The van der Waals surface area contributed by atoms with Gasteiger partial charge in [0.05, 0.1) is 12.8 Å². The minimum absolute atomic E-state index is 0.111. The summed E-state index contributed by atoms with van der Waals surface area (Å²) in [6.45, 7) is 0. The summed E-state index contributed by atoms with van der Waals surface area (Å²) in [4.78, 5) is 7.70. The van der Waals surface area contributed by atoms with Crippen LogP contribution in [0.5, 0.6) is 5.75 Å². The minimum Gasteiger partial charge on any atom is -0.494 e. The summed E-state index contributed by atoms with van der Waals surface area (Å²) in [5, 5.41) is 0. The highest BCUT2D eigenvalue weighted by atomic mass is 19.1. The molecule has 0 saturated heterocycles. The highest BCUT2D eigenvalue weighted by Crippen LogP contribution is 2.27. The lowest BCUT2D eigenvalue weighted by atomic mass is 10.1. The van der Waals surface area contributed by atoms with Crippen molar-refractivity contribution in [2.24, 2.45) is 0 Å². The van der Waals surface area contributed by atoms with Crippen molar-refractivity contribution >= 4 is 5.95 Å². The highest BCUT2D eigenvalue weighted by Gasteiger charge is 2.11. The third-order valence-electron chi connectivity index (χ3n) is 2.13. The van der Waals surface area contributed by atoms with Crippen LogP contribution in [0.3, 0.4) is 0 Å². The molecule has 4 nitrogen and oxygen atoms in total. The summed E-state index contributed by atoms with van der Waals surface area (Å²) in [6, 6.07) is 6.44. The molecule has 1 aromatic heterocycles. The van der Waals surface area contributed by atoms with Gasteiger partial charge in [0, 0.05) is 11.8 Å². The monoisotopic (exact) mass is 219 g/mol. The van der Waals surface area contributed by atoms with E-state index in [-0.39, 0.29) is 11.7 Å². The van der Waals surface area contributed by atoms with Crippen LogP contribution < -0.4 is 10.5 Å². The van der Waals surface area contributed by atoms with Crippen LogP contribution in [-0.2, 0) is 0 Å². The van der Waals surface area contributed by atoms with E-state index in [9.17, 15) is 4.39 Å². The third-order valence-corrected chi connectivity index (χ3v) is 2.13. The molecule has 1 heterocycles. The number of nitrogen functional groups attached to an aromatic ring is 1. The van der Waals surface area contributed by atoms with Gasteiger partial charge in [0.2, 0.25) is 5.95 Å². The van der Waals surface area contributed by atoms with Crippen LogP contribution in [0, 0.1) is 5.82 Å². The number of nitrogens with two attached hydrogens (primary N) is 1. The summed E-state index contributed by atoms with van der Waals surface area (Å²) >= 11 is 0. The second-order valence-electron chi connectivity index (χ2n) is 3.12. The van der Waals surface area contributed by atoms with Crippen molar-refractivity contribution in [3.63, 3.8) is 0 Å². The summed E-state index contributed by atoms with van der Waals surface area (Å²) < 4.78 is 18.8. The van der Waals surface area contributed by atoms with E-state index in [4.69, 9.17) is 10.5 Å². The maximum absolute atomic E-state index is 13.9. The third kappa shape index (κ3) is 1.79. The van der Waals surface area contributed by atoms with E-state index in [0.29, 0.717) is 11.3 Å². The van der Waals surface area contributed by atoms with Crippen LogP contribution in [0.4, 0.5) is 10.3 Å². The smallest absolute Gasteiger partial charge is 0.220 e. The minimum atomic E-state index is -0.455. The molecule has 0 bridgehead atoms. The van der Waals surface area contributed by atoms with Gasteiger partial charge in [0.15, 0.2) is 11.6 Å². The van der Waals surface area contributed by atoms with E-state index in [1.165, 1.54) is 13.3 Å². The molecule has 16 heavy (non-hydrogen) atoms. The number of halogens is 1. The first-order chi connectivity index (χ1) is 7.72. The second kappa shape index (κ2) is 4.14. The van der Waals surface area contributed by atoms with Gasteiger partial charge in [-0.05, 0) is 18.2 Å². The van der Waals surface area contributed by atoms with Crippen LogP contribution in [0.15, 0.2) is 30.5 Å².